The van der Waals surface area contributed by atoms with Gasteiger partial charge in [-0.3, -0.25) is 14.5 Å². The van der Waals surface area contributed by atoms with Gasteiger partial charge in [-0.1, -0.05) is 23.7 Å². The Morgan fingerprint density at radius 2 is 1.84 bits per heavy atom. The van der Waals surface area contributed by atoms with Gasteiger partial charge in [-0.15, -0.1) is 0 Å². The molecule has 1 aliphatic carbocycles. The number of carbonyl (C=O) groups is 2. The van der Waals surface area contributed by atoms with Crippen molar-refractivity contribution in [2.24, 2.45) is 5.92 Å². The molecule has 0 N–H and O–H groups in total. The van der Waals surface area contributed by atoms with Crippen LogP contribution in [0.5, 0.6) is 0 Å². The van der Waals surface area contributed by atoms with Crippen LogP contribution in [0.15, 0.2) is 35.6 Å². The summed E-state index contributed by atoms with van der Waals surface area (Å²) >= 11 is 6.12. The normalized spacial score (nSPS) is 30.9. The van der Waals surface area contributed by atoms with Crippen molar-refractivity contribution in [2.45, 2.75) is 37.5 Å². The van der Waals surface area contributed by atoms with Crippen molar-refractivity contribution in [3.8, 4) is 0 Å². The molecule has 3 aliphatic heterocycles. The van der Waals surface area contributed by atoms with Crippen molar-refractivity contribution in [3.63, 3.8) is 0 Å². The third kappa shape index (κ3) is 3.96. The second-order valence-corrected chi connectivity index (χ2v) is 9.38. The zero-order chi connectivity index (χ0) is 22.2. The molecule has 32 heavy (non-hydrogen) atoms. The summed E-state index contributed by atoms with van der Waals surface area (Å²) in [6, 6.07) is 6.98. The first-order valence-corrected chi connectivity index (χ1v) is 11.8. The Balaban J connectivity index is 1.45. The zero-order valence-corrected chi connectivity index (χ0v) is 19.1. The molecule has 1 aromatic rings. The van der Waals surface area contributed by atoms with Gasteiger partial charge in [0.2, 0.25) is 0 Å². The number of nitrogens with zero attached hydrogens (tertiary/aromatic N) is 2. The number of ether oxygens (including phenoxy) is 3. The lowest BCUT2D eigenvalue weighted by Gasteiger charge is -2.38. The van der Waals surface area contributed by atoms with E-state index in [1.165, 1.54) is 0 Å². The minimum absolute atomic E-state index is 0.0491. The molecule has 1 amide bonds. The number of carbonyl (C=O) groups excluding carboxylic acids is 2. The molecule has 4 aliphatic rings. The van der Waals surface area contributed by atoms with E-state index >= 15 is 0 Å². The molecule has 172 valence electrons. The van der Waals surface area contributed by atoms with E-state index in [1.54, 1.807) is 24.1 Å². The Bertz CT molecular complexity index is 911. The van der Waals surface area contributed by atoms with Gasteiger partial charge in [-0.05, 0) is 30.5 Å². The van der Waals surface area contributed by atoms with Crippen molar-refractivity contribution < 1.29 is 23.8 Å². The highest BCUT2D eigenvalue weighted by molar-refractivity contribution is 6.30. The van der Waals surface area contributed by atoms with Crippen LogP contribution in [0, 0.1) is 5.92 Å². The van der Waals surface area contributed by atoms with Crippen molar-refractivity contribution in [2.75, 3.05) is 46.5 Å². The fraction of sp³-hybridized carbons (Fsp3) is 0.583. The average Bonchev–Trinajstić information content (AvgIpc) is 3.10. The van der Waals surface area contributed by atoms with E-state index in [-0.39, 0.29) is 35.6 Å². The van der Waals surface area contributed by atoms with Crippen molar-refractivity contribution >= 4 is 23.3 Å². The monoisotopic (exact) mass is 460 g/mol. The first-order chi connectivity index (χ1) is 15.6. The second kappa shape index (κ2) is 9.14. The number of halogens is 1. The minimum Gasteiger partial charge on any atom is -0.483 e. The molecule has 0 radical (unpaired) electrons. The molecule has 4 atom stereocenters. The molecule has 3 heterocycles. The van der Waals surface area contributed by atoms with Crippen LogP contribution in [0.4, 0.5) is 0 Å². The number of hydrogen-bond donors (Lipinski definition) is 0. The standard InChI is InChI=1S/C24H29ClN2O5/c1-30-17-6-7-18-19(14-17)32-23-20(22(18)28)21(15-2-4-16(25)5-3-15)27(24(23)29)9-8-26-10-12-31-13-11-26/h2-5,17-19,21H,6-14H2,1H3. The van der Waals surface area contributed by atoms with E-state index in [9.17, 15) is 9.59 Å². The summed E-state index contributed by atoms with van der Waals surface area (Å²) in [6.07, 6.45) is 1.95. The first kappa shape index (κ1) is 21.9. The number of benzene rings is 1. The Morgan fingerprint density at radius 1 is 1.09 bits per heavy atom. The Hall–Kier alpha value is -1.93. The van der Waals surface area contributed by atoms with E-state index in [2.05, 4.69) is 4.90 Å². The Kier molecular flexibility index (Phi) is 6.25. The summed E-state index contributed by atoms with van der Waals surface area (Å²) < 4.78 is 17.2. The average molecular weight is 461 g/mol. The van der Waals surface area contributed by atoms with Gasteiger partial charge in [0.15, 0.2) is 11.5 Å². The van der Waals surface area contributed by atoms with Crippen molar-refractivity contribution in [3.05, 3.63) is 46.2 Å². The van der Waals surface area contributed by atoms with E-state index in [4.69, 9.17) is 25.8 Å². The molecule has 1 saturated heterocycles. The van der Waals surface area contributed by atoms with Crippen LogP contribution < -0.4 is 0 Å². The molecule has 0 bridgehead atoms. The van der Waals surface area contributed by atoms with Gasteiger partial charge in [0.25, 0.3) is 5.91 Å². The van der Waals surface area contributed by atoms with Gasteiger partial charge in [0, 0.05) is 44.7 Å². The SMILES string of the molecule is COC1CCC2C(=O)C3=C(OC2C1)C(=O)N(CCN1CCOCC1)C3c1ccc(Cl)cc1. The highest BCUT2D eigenvalue weighted by Crippen LogP contribution is 2.47. The number of hydrogen-bond acceptors (Lipinski definition) is 6. The highest BCUT2D eigenvalue weighted by Gasteiger charge is 2.52. The third-order valence-corrected chi connectivity index (χ3v) is 7.43. The molecular formula is C24H29ClN2O5. The van der Waals surface area contributed by atoms with Crippen LogP contribution in [0.2, 0.25) is 5.02 Å². The smallest absolute Gasteiger partial charge is 0.290 e. The molecule has 5 rings (SSSR count). The lowest BCUT2D eigenvalue weighted by Crippen LogP contribution is -2.43. The topological polar surface area (TPSA) is 68.3 Å². The maximum atomic E-state index is 13.7. The quantitative estimate of drug-likeness (QED) is 0.672. The van der Waals surface area contributed by atoms with Crippen LogP contribution in [-0.4, -0.2) is 80.2 Å². The number of methoxy groups -OCH3 is 1. The molecule has 4 unspecified atom stereocenters. The maximum Gasteiger partial charge on any atom is 0.290 e. The lowest BCUT2D eigenvalue weighted by molar-refractivity contribution is -0.138. The number of Topliss-reactive ketones (excluding diaryl/α,β-unsaturated/α-hetero) is 1. The van der Waals surface area contributed by atoms with Gasteiger partial charge in [-0.25, -0.2) is 0 Å². The minimum atomic E-state index is -0.440. The Morgan fingerprint density at radius 3 is 2.56 bits per heavy atom. The zero-order valence-electron chi connectivity index (χ0n) is 18.3. The molecule has 8 heteroatoms. The third-order valence-electron chi connectivity index (χ3n) is 7.18. The molecule has 0 aromatic heterocycles. The number of rotatable bonds is 5. The van der Waals surface area contributed by atoms with Gasteiger partial charge < -0.3 is 19.1 Å². The largest absolute Gasteiger partial charge is 0.483 e. The van der Waals surface area contributed by atoms with Gasteiger partial charge in [0.1, 0.15) is 6.10 Å². The van der Waals surface area contributed by atoms with Crippen LogP contribution in [-0.2, 0) is 23.8 Å². The first-order valence-electron chi connectivity index (χ1n) is 11.4. The van der Waals surface area contributed by atoms with Crippen LogP contribution in [0.1, 0.15) is 30.9 Å². The molecule has 0 spiro atoms. The van der Waals surface area contributed by atoms with Gasteiger partial charge >= 0.3 is 0 Å². The molecule has 1 saturated carbocycles. The van der Waals surface area contributed by atoms with Crippen molar-refractivity contribution in [1.82, 2.24) is 9.80 Å². The van der Waals surface area contributed by atoms with E-state index in [0.29, 0.717) is 43.2 Å². The summed E-state index contributed by atoms with van der Waals surface area (Å²) in [7, 11) is 1.69. The summed E-state index contributed by atoms with van der Waals surface area (Å²) in [4.78, 5) is 31.3. The number of amides is 1. The van der Waals surface area contributed by atoms with Crippen LogP contribution in [0.25, 0.3) is 0 Å². The van der Waals surface area contributed by atoms with E-state index < -0.39 is 6.04 Å². The van der Waals surface area contributed by atoms with Crippen molar-refractivity contribution in [1.29, 1.82) is 0 Å². The van der Waals surface area contributed by atoms with Gasteiger partial charge in [-0.2, -0.15) is 0 Å². The summed E-state index contributed by atoms with van der Waals surface area (Å²) in [5.41, 5.74) is 1.40. The predicted molar refractivity (Wildman–Crippen MR) is 118 cm³/mol. The summed E-state index contributed by atoms with van der Waals surface area (Å²) in [5.74, 6) is -0.135. The van der Waals surface area contributed by atoms with Crippen LogP contribution >= 0.6 is 11.6 Å². The molecular weight excluding hydrogens is 432 g/mol. The fourth-order valence-corrected chi connectivity index (χ4v) is 5.51. The fourth-order valence-electron chi connectivity index (χ4n) is 5.39. The predicted octanol–water partition coefficient (Wildman–Crippen LogP) is 2.59. The lowest BCUT2D eigenvalue weighted by atomic mass is 9.76. The summed E-state index contributed by atoms with van der Waals surface area (Å²) in [6.45, 7) is 4.35. The van der Waals surface area contributed by atoms with E-state index in [0.717, 1.165) is 31.6 Å². The van der Waals surface area contributed by atoms with E-state index in [1.807, 2.05) is 12.1 Å². The number of morpholine rings is 1. The second-order valence-electron chi connectivity index (χ2n) is 8.95. The molecule has 2 fully saturated rings. The number of ketones is 1. The Labute approximate surface area is 193 Å². The van der Waals surface area contributed by atoms with Crippen LogP contribution in [0.3, 0.4) is 0 Å². The summed E-state index contributed by atoms with van der Waals surface area (Å²) in [5, 5.41) is 0.622. The molecule has 1 aromatic carbocycles. The van der Waals surface area contributed by atoms with Gasteiger partial charge in [0.05, 0.1) is 36.9 Å². The number of fused-ring (bicyclic) bond motifs is 1. The highest BCUT2D eigenvalue weighted by atomic mass is 35.5. The molecule has 7 nitrogen and oxygen atoms in total. The maximum absolute atomic E-state index is 13.7.